The Morgan fingerprint density at radius 1 is 1.21 bits per heavy atom. The monoisotopic (exact) mass is 535 g/mol. The van der Waals surface area contributed by atoms with Crippen LogP contribution in [0, 0.1) is 11.3 Å². The first-order valence-corrected chi connectivity index (χ1v) is 11.7. The number of nitrogens with one attached hydrogen (secondary N) is 2. The van der Waals surface area contributed by atoms with Crippen molar-refractivity contribution >= 4 is 23.2 Å². The van der Waals surface area contributed by atoms with Crippen LogP contribution in [-0.2, 0) is 19.1 Å². The molecule has 1 amide bonds. The van der Waals surface area contributed by atoms with Crippen LogP contribution in [0.5, 0.6) is 0 Å². The second-order valence-electron chi connectivity index (χ2n) is 8.69. The molecule has 14 heteroatoms. The zero-order valence-electron chi connectivity index (χ0n) is 20.4. The van der Waals surface area contributed by atoms with Gasteiger partial charge in [0.05, 0.1) is 35.0 Å². The molecule has 39 heavy (non-hydrogen) atoms. The third-order valence-electron chi connectivity index (χ3n) is 6.17. The number of aromatic nitrogens is 5. The van der Waals surface area contributed by atoms with Gasteiger partial charge in [-0.2, -0.15) is 18.4 Å². The summed E-state index contributed by atoms with van der Waals surface area (Å²) in [4.78, 5) is 27.2. The maximum Gasteiger partial charge on any atom is 0.417 e. The van der Waals surface area contributed by atoms with E-state index in [9.17, 15) is 18.0 Å². The van der Waals surface area contributed by atoms with E-state index >= 15 is 0 Å². The fraction of sp³-hybridized carbons (Fsp3) is 0.240. The van der Waals surface area contributed by atoms with Crippen LogP contribution in [0.4, 0.5) is 30.5 Å². The molecule has 0 spiro atoms. The minimum atomic E-state index is -4.64. The van der Waals surface area contributed by atoms with Crippen molar-refractivity contribution in [2.45, 2.75) is 32.1 Å². The molecule has 1 unspecified atom stereocenters. The molecule has 0 saturated carbocycles. The van der Waals surface area contributed by atoms with E-state index in [1.54, 1.807) is 30.0 Å². The number of hydrogen-bond donors (Lipinski definition) is 2. The van der Waals surface area contributed by atoms with Crippen molar-refractivity contribution in [3.8, 4) is 6.07 Å². The lowest BCUT2D eigenvalue weighted by Gasteiger charge is -2.31. The smallest absolute Gasteiger partial charge is 0.417 e. The first-order chi connectivity index (χ1) is 18.7. The first-order valence-electron chi connectivity index (χ1n) is 11.7. The highest BCUT2D eigenvalue weighted by molar-refractivity contribution is 5.94. The lowest BCUT2D eigenvalue weighted by atomic mass is 10.0. The lowest BCUT2D eigenvalue weighted by molar-refractivity contribution is -0.137. The van der Waals surface area contributed by atoms with Crippen LogP contribution in [0.15, 0.2) is 53.7 Å². The van der Waals surface area contributed by atoms with Crippen molar-refractivity contribution in [3.05, 3.63) is 83.1 Å². The summed E-state index contributed by atoms with van der Waals surface area (Å²) in [5, 5.41) is 22.3. The summed E-state index contributed by atoms with van der Waals surface area (Å²) >= 11 is 0. The van der Waals surface area contributed by atoms with Crippen molar-refractivity contribution in [2.24, 2.45) is 0 Å². The number of nitriles is 1. The topological polar surface area (TPSA) is 146 Å². The molecule has 1 atom stereocenters. The van der Waals surface area contributed by atoms with E-state index in [1.807, 2.05) is 0 Å². The summed E-state index contributed by atoms with van der Waals surface area (Å²) < 4.78 is 45.4. The molecule has 0 bridgehead atoms. The maximum absolute atomic E-state index is 13.4. The fourth-order valence-electron chi connectivity index (χ4n) is 4.18. The summed E-state index contributed by atoms with van der Waals surface area (Å²) in [6.07, 6.45) is -0.209. The molecule has 198 valence electrons. The van der Waals surface area contributed by atoms with E-state index in [2.05, 4.69) is 35.8 Å². The molecule has 2 N–H and O–H groups in total. The standard InChI is InChI=1S/C25H20F3N9O2/c1-14(24-36-33-13-39-24)34-23(38)16-3-5-21(30-10-16)35-22-18-6-7-37(11-20(18)31-12-32-22)17-4-2-15(9-29)19(8-17)25(26,27)28/h2-5,8,10,12-14H,6-7,11H2,1H3,(H,34,38)(H,30,31,32,35). The number of carbonyl (C=O) groups excluding carboxylic acids is 1. The maximum atomic E-state index is 13.4. The van der Waals surface area contributed by atoms with Gasteiger partial charge >= 0.3 is 6.18 Å². The number of pyridine rings is 1. The van der Waals surface area contributed by atoms with E-state index < -0.39 is 23.3 Å². The van der Waals surface area contributed by atoms with E-state index in [0.717, 1.165) is 11.6 Å². The number of alkyl halides is 3. The Bertz CT molecular complexity index is 1530. The van der Waals surface area contributed by atoms with E-state index in [4.69, 9.17) is 9.68 Å². The van der Waals surface area contributed by atoms with Crippen LogP contribution >= 0.6 is 0 Å². The zero-order valence-corrected chi connectivity index (χ0v) is 20.4. The van der Waals surface area contributed by atoms with Gasteiger partial charge in [0.1, 0.15) is 24.0 Å². The predicted molar refractivity (Wildman–Crippen MR) is 131 cm³/mol. The molecule has 4 heterocycles. The van der Waals surface area contributed by atoms with Gasteiger partial charge in [-0.05, 0) is 43.7 Å². The van der Waals surface area contributed by atoms with Crippen molar-refractivity contribution in [1.29, 1.82) is 5.26 Å². The van der Waals surface area contributed by atoms with Crippen LogP contribution < -0.4 is 15.5 Å². The summed E-state index contributed by atoms with van der Waals surface area (Å²) in [6, 6.07) is 8.03. The molecule has 4 aromatic rings. The Hall–Kier alpha value is -5.06. The number of anilines is 3. The molecule has 0 radical (unpaired) electrons. The van der Waals surface area contributed by atoms with Crippen molar-refractivity contribution in [2.75, 3.05) is 16.8 Å². The lowest BCUT2D eigenvalue weighted by Crippen LogP contribution is -2.32. The van der Waals surface area contributed by atoms with Gasteiger partial charge in [-0.25, -0.2) is 15.0 Å². The minimum Gasteiger partial charge on any atom is -0.426 e. The highest BCUT2D eigenvalue weighted by Gasteiger charge is 2.34. The second kappa shape index (κ2) is 10.4. The Kier molecular flexibility index (Phi) is 6.80. The number of nitrogens with zero attached hydrogens (tertiary/aromatic N) is 7. The van der Waals surface area contributed by atoms with Gasteiger partial charge in [-0.3, -0.25) is 4.79 Å². The van der Waals surface area contributed by atoms with Crippen LogP contribution in [0.2, 0.25) is 0 Å². The number of rotatable bonds is 6. The molecule has 1 aliphatic heterocycles. The Morgan fingerprint density at radius 3 is 2.74 bits per heavy atom. The molecule has 3 aromatic heterocycles. The molecule has 1 aromatic carbocycles. The number of carbonyl (C=O) groups is 1. The summed E-state index contributed by atoms with van der Waals surface area (Å²) in [5.41, 5.74) is 0.760. The number of halogens is 3. The molecule has 11 nitrogen and oxygen atoms in total. The minimum absolute atomic E-state index is 0.264. The number of fused-ring (bicyclic) bond motifs is 1. The van der Waals surface area contributed by atoms with Crippen molar-refractivity contribution in [1.82, 2.24) is 30.5 Å². The number of benzene rings is 1. The number of hydrogen-bond acceptors (Lipinski definition) is 10. The largest absolute Gasteiger partial charge is 0.426 e. The quantitative estimate of drug-likeness (QED) is 0.372. The predicted octanol–water partition coefficient (Wildman–Crippen LogP) is 3.94. The molecule has 5 rings (SSSR count). The SMILES string of the molecule is CC(NC(=O)c1ccc(Nc2ncnc3c2CCN(c2ccc(C#N)c(C(F)(F)F)c2)C3)nc1)c1nnco1. The molecular weight excluding hydrogens is 515 g/mol. The molecular formula is C25H20F3N9O2. The highest BCUT2D eigenvalue weighted by Crippen LogP contribution is 2.36. The normalized spacial score (nSPS) is 13.8. The van der Waals surface area contributed by atoms with Gasteiger partial charge in [0.25, 0.3) is 5.91 Å². The summed E-state index contributed by atoms with van der Waals surface area (Å²) in [5.74, 6) is 0.879. The average molecular weight is 535 g/mol. The van der Waals surface area contributed by atoms with E-state index in [-0.39, 0.29) is 18.3 Å². The zero-order chi connectivity index (χ0) is 27.6. The van der Waals surface area contributed by atoms with Gasteiger partial charge in [0.15, 0.2) is 0 Å². The highest BCUT2D eigenvalue weighted by atomic mass is 19.4. The molecule has 0 saturated heterocycles. The third kappa shape index (κ3) is 5.47. The van der Waals surface area contributed by atoms with Crippen LogP contribution in [0.25, 0.3) is 0 Å². The van der Waals surface area contributed by atoms with Crippen LogP contribution in [0.1, 0.15) is 51.6 Å². The molecule has 0 aliphatic carbocycles. The fourth-order valence-corrected chi connectivity index (χ4v) is 4.18. The van der Waals surface area contributed by atoms with Gasteiger partial charge in [0.2, 0.25) is 12.3 Å². The van der Waals surface area contributed by atoms with E-state index in [1.165, 1.54) is 31.1 Å². The van der Waals surface area contributed by atoms with Crippen molar-refractivity contribution < 1.29 is 22.4 Å². The van der Waals surface area contributed by atoms with Gasteiger partial charge < -0.3 is 20.0 Å². The van der Waals surface area contributed by atoms with Crippen LogP contribution in [0.3, 0.4) is 0 Å². The Balaban J connectivity index is 1.28. The molecule has 1 aliphatic rings. The van der Waals surface area contributed by atoms with Gasteiger partial charge in [0, 0.05) is 24.0 Å². The molecule has 0 fully saturated rings. The Labute approximate surface area is 219 Å². The summed E-state index contributed by atoms with van der Waals surface area (Å²) in [6.45, 7) is 2.40. The van der Waals surface area contributed by atoms with Crippen LogP contribution in [-0.4, -0.2) is 37.6 Å². The van der Waals surface area contributed by atoms with Gasteiger partial charge in [-0.1, -0.05) is 0 Å². The Morgan fingerprint density at radius 2 is 2.05 bits per heavy atom. The average Bonchev–Trinajstić information content (AvgIpc) is 3.48. The van der Waals surface area contributed by atoms with E-state index in [0.29, 0.717) is 41.5 Å². The number of amides is 1. The van der Waals surface area contributed by atoms with Crippen molar-refractivity contribution in [3.63, 3.8) is 0 Å². The second-order valence-corrected chi connectivity index (χ2v) is 8.69. The third-order valence-corrected chi connectivity index (χ3v) is 6.17. The summed E-state index contributed by atoms with van der Waals surface area (Å²) in [7, 11) is 0. The first kappa shape index (κ1) is 25.6. The van der Waals surface area contributed by atoms with Gasteiger partial charge in [-0.15, -0.1) is 10.2 Å².